The van der Waals surface area contributed by atoms with Crippen LogP contribution in [0.25, 0.3) is 0 Å². The maximum atomic E-state index is 11.0. The maximum Gasteiger partial charge on any atom is 0.152 e. The maximum absolute atomic E-state index is 11.0. The summed E-state index contributed by atoms with van der Waals surface area (Å²) in [7, 11) is 0. The van der Waals surface area contributed by atoms with Crippen molar-refractivity contribution in [3.05, 3.63) is 23.8 Å². The van der Waals surface area contributed by atoms with E-state index in [1.807, 2.05) is 0 Å². The number of hydrogen-bond donors (Lipinski definition) is 0. The van der Waals surface area contributed by atoms with Crippen molar-refractivity contribution in [1.29, 1.82) is 0 Å². The van der Waals surface area contributed by atoms with Crippen LogP contribution in [0.1, 0.15) is 41.0 Å². The van der Waals surface area contributed by atoms with E-state index >= 15 is 0 Å². The van der Waals surface area contributed by atoms with Crippen molar-refractivity contribution in [3.63, 3.8) is 0 Å². The number of carbonyl (C=O) groups excluding carboxylic acids is 1. The first-order valence-corrected chi connectivity index (χ1v) is 5.71. The van der Waals surface area contributed by atoms with Crippen molar-refractivity contribution in [3.8, 4) is 0 Å². The Kier molecular flexibility index (Phi) is 3.54. The van der Waals surface area contributed by atoms with Crippen molar-refractivity contribution in [1.82, 2.24) is 0 Å². The summed E-state index contributed by atoms with van der Waals surface area (Å²) in [5.41, 5.74) is 1.65. The topological polar surface area (TPSA) is 17.1 Å². The summed E-state index contributed by atoms with van der Waals surface area (Å²) in [4.78, 5) is 11.0. The van der Waals surface area contributed by atoms with Gasteiger partial charge in [-0.2, -0.15) is 0 Å². The molecule has 0 N–H and O–H groups in total. The van der Waals surface area contributed by atoms with Gasteiger partial charge in [-0.05, 0) is 37.7 Å². The molecule has 0 aliphatic heterocycles. The zero-order chi connectivity index (χ0) is 11.6. The summed E-state index contributed by atoms with van der Waals surface area (Å²) in [6.07, 6.45) is 7.25. The third kappa shape index (κ3) is 2.58. The molecule has 0 aromatic rings. The molecule has 2 atom stereocenters. The van der Waals surface area contributed by atoms with E-state index < -0.39 is 0 Å². The summed E-state index contributed by atoms with van der Waals surface area (Å²) < 4.78 is 0. The van der Waals surface area contributed by atoms with E-state index in [1.165, 1.54) is 5.57 Å². The molecule has 0 unspecified atom stereocenters. The standard InChI is InChI=1S/C14H22O/c1-10-6-7-11(2)14(4,5)13(10)9-8-12(3)15/h6,8-9,11,13H,7H2,1-5H3/b9-8+/t11-,13-/m1/s1. The van der Waals surface area contributed by atoms with Gasteiger partial charge >= 0.3 is 0 Å². The zero-order valence-electron chi connectivity index (χ0n) is 10.5. The molecule has 84 valence electrons. The van der Waals surface area contributed by atoms with Crippen LogP contribution in [0, 0.1) is 17.3 Å². The molecule has 1 nitrogen and oxygen atoms in total. The van der Waals surface area contributed by atoms with Crippen LogP contribution >= 0.6 is 0 Å². The Morgan fingerprint density at radius 1 is 1.53 bits per heavy atom. The molecule has 15 heavy (non-hydrogen) atoms. The second kappa shape index (κ2) is 4.34. The van der Waals surface area contributed by atoms with E-state index in [0.29, 0.717) is 11.8 Å². The van der Waals surface area contributed by atoms with Gasteiger partial charge in [0, 0.05) is 5.92 Å². The Morgan fingerprint density at radius 2 is 2.13 bits per heavy atom. The largest absolute Gasteiger partial charge is 0.295 e. The van der Waals surface area contributed by atoms with E-state index in [1.54, 1.807) is 13.0 Å². The van der Waals surface area contributed by atoms with Gasteiger partial charge in [-0.15, -0.1) is 0 Å². The molecule has 0 fully saturated rings. The van der Waals surface area contributed by atoms with Crippen LogP contribution in [0.4, 0.5) is 0 Å². The van der Waals surface area contributed by atoms with E-state index in [0.717, 1.165) is 6.42 Å². The number of allylic oxidation sites excluding steroid dienone is 4. The Bertz CT molecular complexity index is 307. The highest BCUT2D eigenvalue weighted by Gasteiger charge is 2.36. The molecule has 0 aromatic carbocycles. The van der Waals surface area contributed by atoms with Crippen LogP contribution < -0.4 is 0 Å². The first-order valence-electron chi connectivity index (χ1n) is 5.71. The van der Waals surface area contributed by atoms with Crippen LogP contribution in [0.5, 0.6) is 0 Å². The average molecular weight is 206 g/mol. The molecule has 0 bridgehead atoms. The molecule has 1 rings (SSSR count). The Hall–Kier alpha value is -0.850. The van der Waals surface area contributed by atoms with Crippen molar-refractivity contribution >= 4 is 5.78 Å². The SMILES string of the molecule is CC(=O)/C=C/[C@@H]1C(C)=CC[C@@H](C)C1(C)C. The lowest BCUT2D eigenvalue weighted by atomic mass is 9.63. The minimum Gasteiger partial charge on any atom is -0.295 e. The van der Waals surface area contributed by atoms with Crippen molar-refractivity contribution in [2.45, 2.75) is 41.0 Å². The average Bonchev–Trinajstić information content (AvgIpc) is 2.11. The van der Waals surface area contributed by atoms with Gasteiger partial charge < -0.3 is 0 Å². The van der Waals surface area contributed by atoms with Gasteiger partial charge in [0.25, 0.3) is 0 Å². The lowest BCUT2D eigenvalue weighted by molar-refractivity contribution is -0.112. The van der Waals surface area contributed by atoms with E-state index in [-0.39, 0.29) is 11.2 Å². The van der Waals surface area contributed by atoms with Crippen LogP contribution in [-0.2, 0) is 4.79 Å². The van der Waals surface area contributed by atoms with Gasteiger partial charge in [-0.3, -0.25) is 4.79 Å². The van der Waals surface area contributed by atoms with E-state index in [4.69, 9.17) is 0 Å². The van der Waals surface area contributed by atoms with Gasteiger partial charge in [-0.1, -0.05) is 38.5 Å². The minimum absolute atomic E-state index is 0.136. The van der Waals surface area contributed by atoms with Crippen LogP contribution in [0.3, 0.4) is 0 Å². The lowest BCUT2D eigenvalue weighted by Gasteiger charge is -2.42. The molecule has 0 radical (unpaired) electrons. The second-order valence-corrected chi connectivity index (χ2v) is 5.35. The number of ketones is 1. The van der Waals surface area contributed by atoms with Crippen molar-refractivity contribution in [2.24, 2.45) is 17.3 Å². The van der Waals surface area contributed by atoms with Gasteiger partial charge in [0.2, 0.25) is 0 Å². The van der Waals surface area contributed by atoms with Gasteiger partial charge in [0.05, 0.1) is 0 Å². The summed E-state index contributed by atoms with van der Waals surface area (Å²) in [6.45, 7) is 10.7. The monoisotopic (exact) mass is 206 g/mol. The smallest absolute Gasteiger partial charge is 0.152 e. The molecule has 0 amide bonds. The lowest BCUT2D eigenvalue weighted by Crippen LogP contribution is -2.33. The highest BCUT2D eigenvalue weighted by atomic mass is 16.1. The Labute approximate surface area is 93.3 Å². The van der Waals surface area contributed by atoms with Gasteiger partial charge in [0.15, 0.2) is 5.78 Å². The van der Waals surface area contributed by atoms with Gasteiger partial charge in [0.1, 0.15) is 0 Å². The second-order valence-electron chi connectivity index (χ2n) is 5.35. The molecule has 1 aliphatic rings. The normalized spacial score (nSPS) is 30.3. The molecule has 1 aliphatic carbocycles. The predicted molar refractivity (Wildman–Crippen MR) is 64.6 cm³/mol. The molecule has 0 saturated carbocycles. The molecule has 0 aromatic heterocycles. The Balaban J connectivity index is 2.96. The Morgan fingerprint density at radius 3 is 2.67 bits per heavy atom. The molecule has 0 saturated heterocycles. The summed E-state index contributed by atoms with van der Waals surface area (Å²) in [6, 6.07) is 0. The molecule has 1 heteroatoms. The minimum atomic E-state index is 0.136. The molecular weight excluding hydrogens is 184 g/mol. The van der Waals surface area contributed by atoms with E-state index in [2.05, 4.69) is 39.8 Å². The predicted octanol–water partition coefficient (Wildman–Crippen LogP) is 3.76. The van der Waals surface area contributed by atoms with Crippen LogP contribution in [-0.4, -0.2) is 5.78 Å². The fourth-order valence-corrected chi connectivity index (χ4v) is 2.32. The third-order valence-electron chi connectivity index (χ3n) is 3.88. The first-order chi connectivity index (χ1) is 6.85. The summed E-state index contributed by atoms with van der Waals surface area (Å²) in [5.74, 6) is 1.21. The highest BCUT2D eigenvalue weighted by Crippen LogP contribution is 2.45. The zero-order valence-corrected chi connectivity index (χ0v) is 10.5. The van der Waals surface area contributed by atoms with Crippen molar-refractivity contribution in [2.75, 3.05) is 0 Å². The van der Waals surface area contributed by atoms with Gasteiger partial charge in [-0.25, -0.2) is 0 Å². The summed E-state index contributed by atoms with van der Waals surface area (Å²) >= 11 is 0. The van der Waals surface area contributed by atoms with Crippen LogP contribution in [0.2, 0.25) is 0 Å². The third-order valence-corrected chi connectivity index (χ3v) is 3.88. The van der Waals surface area contributed by atoms with E-state index in [9.17, 15) is 4.79 Å². The molecular formula is C14H22O. The fourth-order valence-electron chi connectivity index (χ4n) is 2.32. The molecule has 0 spiro atoms. The molecule has 0 heterocycles. The first kappa shape index (κ1) is 12.2. The summed E-state index contributed by atoms with van der Waals surface area (Å²) in [5, 5.41) is 0. The van der Waals surface area contributed by atoms with Crippen molar-refractivity contribution < 1.29 is 4.79 Å². The number of carbonyl (C=O) groups is 1. The van der Waals surface area contributed by atoms with Crippen LogP contribution in [0.15, 0.2) is 23.8 Å². The fraction of sp³-hybridized carbons (Fsp3) is 0.643. The number of hydrogen-bond acceptors (Lipinski definition) is 1. The quantitative estimate of drug-likeness (QED) is 0.496. The number of rotatable bonds is 2. The highest BCUT2D eigenvalue weighted by molar-refractivity contribution is 5.87.